The molecule has 2 aromatic rings. The summed E-state index contributed by atoms with van der Waals surface area (Å²) >= 11 is 0. The Bertz CT molecular complexity index is 649. The lowest BCUT2D eigenvalue weighted by Crippen LogP contribution is -2.37. The van der Waals surface area contributed by atoms with Gasteiger partial charge in [0.1, 0.15) is 11.3 Å². The first kappa shape index (κ1) is 14.8. The highest BCUT2D eigenvalue weighted by Crippen LogP contribution is 2.25. The second kappa shape index (κ2) is 6.76. The van der Waals surface area contributed by atoms with Crippen LogP contribution < -0.4 is 4.74 Å². The van der Waals surface area contributed by atoms with Gasteiger partial charge in [0.15, 0.2) is 0 Å². The molecule has 0 atom stereocenters. The van der Waals surface area contributed by atoms with Crippen LogP contribution in [0.3, 0.4) is 0 Å². The summed E-state index contributed by atoms with van der Waals surface area (Å²) in [4.78, 5) is 20.6. The molecule has 7 nitrogen and oxygen atoms in total. The second-order valence-corrected chi connectivity index (χ2v) is 5.23. The molecule has 2 heterocycles. The van der Waals surface area contributed by atoms with E-state index in [-0.39, 0.29) is 5.56 Å². The summed E-state index contributed by atoms with van der Waals surface area (Å²) in [7, 11) is 0. The number of carbonyl (C=O) groups is 1. The number of aromatic nitrogens is 2. The standard InChI is InChI=1S/C15H19N3O4/c19-15(20)11-8-12-14(17-10-16-12)13(9-11)22-5-1-2-18-3-6-21-7-4-18/h8-10H,1-7H2,(H,16,17)(H,19,20). The van der Waals surface area contributed by atoms with Crippen LogP contribution in [0.15, 0.2) is 18.5 Å². The third-order valence-corrected chi connectivity index (χ3v) is 3.72. The first-order chi connectivity index (χ1) is 10.7. The molecule has 118 valence electrons. The number of rotatable bonds is 6. The number of hydrogen-bond donors (Lipinski definition) is 2. The number of imidazole rings is 1. The minimum Gasteiger partial charge on any atom is -0.491 e. The van der Waals surface area contributed by atoms with Crippen molar-refractivity contribution >= 4 is 17.0 Å². The third kappa shape index (κ3) is 3.37. The van der Waals surface area contributed by atoms with E-state index in [1.54, 1.807) is 6.07 Å². The minimum absolute atomic E-state index is 0.194. The molecule has 1 fully saturated rings. The predicted molar refractivity (Wildman–Crippen MR) is 80.4 cm³/mol. The van der Waals surface area contributed by atoms with E-state index in [1.807, 2.05) is 0 Å². The lowest BCUT2D eigenvalue weighted by Gasteiger charge is -2.26. The number of nitrogens with zero attached hydrogens (tertiary/aromatic N) is 2. The fraction of sp³-hybridized carbons (Fsp3) is 0.467. The highest BCUT2D eigenvalue weighted by Gasteiger charge is 2.13. The van der Waals surface area contributed by atoms with Crippen LogP contribution in [0.2, 0.25) is 0 Å². The molecule has 1 saturated heterocycles. The SMILES string of the molecule is O=C(O)c1cc(OCCCN2CCOCC2)c2nc[nH]c2c1. The van der Waals surface area contributed by atoms with Crippen LogP contribution in [-0.4, -0.2) is 65.4 Å². The minimum atomic E-state index is -0.977. The molecule has 22 heavy (non-hydrogen) atoms. The van der Waals surface area contributed by atoms with E-state index in [0.717, 1.165) is 39.3 Å². The quantitative estimate of drug-likeness (QED) is 0.784. The van der Waals surface area contributed by atoms with Gasteiger partial charge in [0, 0.05) is 19.6 Å². The Morgan fingerprint density at radius 1 is 1.41 bits per heavy atom. The van der Waals surface area contributed by atoms with Crippen molar-refractivity contribution in [3.05, 3.63) is 24.0 Å². The summed E-state index contributed by atoms with van der Waals surface area (Å²) in [5.74, 6) is -0.465. The Kier molecular flexibility index (Phi) is 4.55. The summed E-state index contributed by atoms with van der Waals surface area (Å²) in [6, 6.07) is 3.09. The number of aromatic amines is 1. The Morgan fingerprint density at radius 3 is 3.00 bits per heavy atom. The van der Waals surface area contributed by atoms with E-state index in [4.69, 9.17) is 14.6 Å². The maximum Gasteiger partial charge on any atom is 0.335 e. The number of nitrogens with one attached hydrogen (secondary N) is 1. The lowest BCUT2D eigenvalue weighted by molar-refractivity contribution is 0.0358. The summed E-state index contributed by atoms with van der Waals surface area (Å²) in [5, 5.41) is 9.14. The smallest absolute Gasteiger partial charge is 0.335 e. The van der Waals surface area contributed by atoms with E-state index in [2.05, 4.69) is 14.9 Å². The van der Waals surface area contributed by atoms with Gasteiger partial charge in [0.2, 0.25) is 0 Å². The fourth-order valence-electron chi connectivity index (χ4n) is 2.55. The Hall–Kier alpha value is -2.12. The zero-order chi connectivity index (χ0) is 15.4. The van der Waals surface area contributed by atoms with Crippen molar-refractivity contribution in [3.8, 4) is 5.75 Å². The molecule has 1 aliphatic rings. The largest absolute Gasteiger partial charge is 0.491 e. The van der Waals surface area contributed by atoms with Gasteiger partial charge in [-0.3, -0.25) is 4.90 Å². The van der Waals surface area contributed by atoms with Gasteiger partial charge >= 0.3 is 5.97 Å². The van der Waals surface area contributed by atoms with Gasteiger partial charge in [-0.05, 0) is 18.6 Å². The molecule has 2 N–H and O–H groups in total. The number of benzene rings is 1. The van der Waals surface area contributed by atoms with E-state index >= 15 is 0 Å². The molecule has 0 amide bonds. The molecular weight excluding hydrogens is 286 g/mol. The number of hydrogen-bond acceptors (Lipinski definition) is 5. The topological polar surface area (TPSA) is 87.7 Å². The molecule has 0 radical (unpaired) electrons. The molecule has 0 spiro atoms. The van der Waals surface area contributed by atoms with Crippen LogP contribution >= 0.6 is 0 Å². The monoisotopic (exact) mass is 305 g/mol. The molecule has 3 rings (SSSR count). The summed E-state index contributed by atoms with van der Waals surface area (Å²) in [5.41, 5.74) is 1.53. The van der Waals surface area contributed by atoms with Crippen LogP contribution in [0.25, 0.3) is 11.0 Å². The van der Waals surface area contributed by atoms with Crippen LogP contribution in [0.1, 0.15) is 16.8 Å². The normalized spacial score (nSPS) is 16.0. The first-order valence-electron chi connectivity index (χ1n) is 7.37. The van der Waals surface area contributed by atoms with E-state index in [9.17, 15) is 4.79 Å². The van der Waals surface area contributed by atoms with Crippen molar-refractivity contribution in [2.75, 3.05) is 39.5 Å². The van der Waals surface area contributed by atoms with E-state index in [0.29, 0.717) is 23.4 Å². The van der Waals surface area contributed by atoms with Crippen LogP contribution in [0.5, 0.6) is 5.75 Å². The highest BCUT2D eigenvalue weighted by atomic mass is 16.5. The average molecular weight is 305 g/mol. The number of carboxylic acids is 1. The second-order valence-electron chi connectivity index (χ2n) is 5.23. The number of morpholine rings is 1. The van der Waals surface area contributed by atoms with Gasteiger partial charge in [-0.15, -0.1) is 0 Å². The van der Waals surface area contributed by atoms with Gasteiger partial charge in [-0.25, -0.2) is 9.78 Å². The summed E-state index contributed by atoms with van der Waals surface area (Å²) in [6.45, 7) is 4.97. The van der Waals surface area contributed by atoms with Crippen molar-refractivity contribution in [1.82, 2.24) is 14.9 Å². The highest BCUT2D eigenvalue weighted by molar-refractivity contribution is 5.94. The molecule has 1 aromatic carbocycles. The maximum absolute atomic E-state index is 11.1. The van der Waals surface area contributed by atoms with Crippen molar-refractivity contribution in [3.63, 3.8) is 0 Å². The summed E-state index contributed by atoms with van der Waals surface area (Å²) < 4.78 is 11.1. The van der Waals surface area contributed by atoms with Crippen molar-refractivity contribution in [1.29, 1.82) is 0 Å². The van der Waals surface area contributed by atoms with Crippen LogP contribution in [-0.2, 0) is 4.74 Å². The zero-order valence-electron chi connectivity index (χ0n) is 12.2. The molecule has 1 aromatic heterocycles. The van der Waals surface area contributed by atoms with Crippen molar-refractivity contribution < 1.29 is 19.4 Å². The number of H-pyrrole nitrogens is 1. The number of ether oxygens (including phenoxy) is 2. The molecule has 0 unspecified atom stereocenters. The van der Waals surface area contributed by atoms with Crippen LogP contribution in [0.4, 0.5) is 0 Å². The Balaban J connectivity index is 1.60. The van der Waals surface area contributed by atoms with E-state index in [1.165, 1.54) is 12.4 Å². The summed E-state index contributed by atoms with van der Waals surface area (Å²) in [6.07, 6.45) is 2.42. The molecular formula is C15H19N3O4. The van der Waals surface area contributed by atoms with Crippen LogP contribution in [0, 0.1) is 0 Å². The van der Waals surface area contributed by atoms with Gasteiger partial charge < -0.3 is 19.6 Å². The average Bonchev–Trinajstić information content (AvgIpc) is 3.01. The number of carboxylic acid groups (broad SMARTS) is 1. The van der Waals surface area contributed by atoms with Gasteiger partial charge in [-0.1, -0.05) is 0 Å². The molecule has 1 aliphatic heterocycles. The maximum atomic E-state index is 11.1. The van der Waals surface area contributed by atoms with Crippen molar-refractivity contribution in [2.45, 2.75) is 6.42 Å². The fourth-order valence-corrected chi connectivity index (χ4v) is 2.55. The van der Waals surface area contributed by atoms with Gasteiger partial charge in [-0.2, -0.15) is 0 Å². The lowest BCUT2D eigenvalue weighted by atomic mass is 10.2. The number of fused-ring (bicyclic) bond motifs is 1. The Morgan fingerprint density at radius 2 is 2.23 bits per heavy atom. The van der Waals surface area contributed by atoms with Crippen molar-refractivity contribution in [2.24, 2.45) is 0 Å². The predicted octanol–water partition coefficient (Wildman–Crippen LogP) is 1.36. The molecule has 0 saturated carbocycles. The third-order valence-electron chi connectivity index (χ3n) is 3.72. The van der Waals surface area contributed by atoms with Gasteiger partial charge in [0.05, 0.1) is 37.2 Å². The Labute approximate surface area is 127 Å². The molecule has 0 aliphatic carbocycles. The molecule has 0 bridgehead atoms. The molecule has 7 heteroatoms. The van der Waals surface area contributed by atoms with E-state index < -0.39 is 5.97 Å². The number of aromatic carboxylic acids is 1. The van der Waals surface area contributed by atoms with Gasteiger partial charge in [0.25, 0.3) is 0 Å². The first-order valence-corrected chi connectivity index (χ1v) is 7.37. The zero-order valence-corrected chi connectivity index (χ0v) is 12.2.